The van der Waals surface area contributed by atoms with E-state index in [4.69, 9.17) is 9.47 Å². The van der Waals surface area contributed by atoms with E-state index >= 15 is 0 Å². The zero-order chi connectivity index (χ0) is 14.5. The number of nitrogens with one attached hydrogen (secondary N) is 1. The molecule has 20 heavy (non-hydrogen) atoms. The van der Waals surface area contributed by atoms with Gasteiger partial charge in [-0.1, -0.05) is 26.0 Å². The third kappa shape index (κ3) is 4.14. The molecule has 3 nitrogen and oxygen atoms in total. The maximum atomic E-state index is 5.87. The van der Waals surface area contributed by atoms with Crippen molar-refractivity contribution < 1.29 is 9.47 Å². The van der Waals surface area contributed by atoms with E-state index < -0.39 is 0 Å². The van der Waals surface area contributed by atoms with Crippen LogP contribution in [0.3, 0.4) is 0 Å². The van der Waals surface area contributed by atoms with E-state index in [2.05, 4.69) is 45.1 Å². The summed E-state index contributed by atoms with van der Waals surface area (Å²) in [5, 5.41) is 3.63. The predicted molar refractivity (Wildman–Crippen MR) is 83.4 cm³/mol. The van der Waals surface area contributed by atoms with Gasteiger partial charge < -0.3 is 14.8 Å². The Labute approximate surface area is 122 Å². The first-order valence-corrected chi connectivity index (χ1v) is 7.70. The van der Waals surface area contributed by atoms with Crippen molar-refractivity contribution in [2.24, 2.45) is 5.92 Å². The molecular formula is C17H27NO2. The molecular weight excluding hydrogens is 250 g/mol. The van der Waals surface area contributed by atoms with Crippen molar-refractivity contribution >= 4 is 5.69 Å². The highest BCUT2D eigenvalue weighted by atomic mass is 16.5. The van der Waals surface area contributed by atoms with E-state index in [9.17, 15) is 0 Å². The molecule has 2 atom stereocenters. The van der Waals surface area contributed by atoms with Gasteiger partial charge in [0.15, 0.2) is 0 Å². The summed E-state index contributed by atoms with van der Waals surface area (Å²) in [5.74, 6) is 1.51. The molecule has 0 spiro atoms. The van der Waals surface area contributed by atoms with Crippen LogP contribution in [-0.2, 0) is 4.74 Å². The molecule has 0 radical (unpaired) electrons. The van der Waals surface area contributed by atoms with Gasteiger partial charge in [-0.2, -0.15) is 0 Å². The van der Waals surface area contributed by atoms with Crippen LogP contribution in [0.15, 0.2) is 24.3 Å². The zero-order valence-electron chi connectivity index (χ0n) is 13.1. The number of benzene rings is 1. The van der Waals surface area contributed by atoms with Gasteiger partial charge in [-0.15, -0.1) is 0 Å². The number of hydrogen-bond donors (Lipinski definition) is 1. The molecule has 2 rings (SSSR count). The van der Waals surface area contributed by atoms with Gasteiger partial charge in [0.25, 0.3) is 0 Å². The molecule has 0 aliphatic carbocycles. The number of anilines is 1. The standard InChI is InChI=1S/C17H27NO2/c1-12(2)17-11-14(9-10-19-17)18-15-7-5-6-8-16(15)20-13(3)4/h5-8,12-14,17-18H,9-11H2,1-4H3. The van der Waals surface area contributed by atoms with Gasteiger partial charge in [0.05, 0.1) is 17.9 Å². The van der Waals surface area contributed by atoms with Gasteiger partial charge in [0, 0.05) is 12.6 Å². The molecule has 0 aromatic heterocycles. The summed E-state index contributed by atoms with van der Waals surface area (Å²) < 4.78 is 11.7. The smallest absolute Gasteiger partial charge is 0.142 e. The molecule has 0 bridgehead atoms. The van der Waals surface area contributed by atoms with E-state index in [0.717, 1.165) is 30.9 Å². The maximum absolute atomic E-state index is 5.87. The average molecular weight is 277 g/mol. The Kier molecular flexibility index (Phi) is 5.30. The molecule has 1 aromatic carbocycles. The van der Waals surface area contributed by atoms with Crippen molar-refractivity contribution in [1.82, 2.24) is 0 Å². The summed E-state index contributed by atoms with van der Waals surface area (Å²) in [6.45, 7) is 9.40. The van der Waals surface area contributed by atoms with Gasteiger partial charge in [-0.25, -0.2) is 0 Å². The zero-order valence-corrected chi connectivity index (χ0v) is 13.1. The van der Waals surface area contributed by atoms with Crippen LogP contribution in [0.5, 0.6) is 5.75 Å². The molecule has 2 unspecified atom stereocenters. The molecule has 1 aliphatic heterocycles. The molecule has 1 fully saturated rings. The third-order valence-corrected chi connectivity index (χ3v) is 3.67. The monoisotopic (exact) mass is 277 g/mol. The lowest BCUT2D eigenvalue weighted by Gasteiger charge is -2.33. The SMILES string of the molecule is CC(C)Oc1ccccc1NC1CCOC(C(C)C)C1. The first-order chi connectivity index (χ1) is 9.56. The molecule has 1 aromatic rings. The number of ether oxygens (including phenoxy) is 2. The Morgan fingerprint density at radius 3 is 2.65 bits per heavy atom. The van der Waals surface area contributed by atoms with Gasteiger partial charge in [0.2, 0.25) is 0 Å². The highest BCUT2D eigenvalue weighted by Gasteiger charge is 2.25. The first kappa shape index (κ1) is 15.2. The van der Waals surface area contributed by atoms with Crippen LogP contribution in [-0.4, -0.2) is 24.9 Å². The first-order valence-electron chi connectivity index (χ1n) is 7.70. The minimum atomic E-state index is 0.191. The Bertz CT molecular complexity index is 417. The van der Waals surface area contributed by atoms with Crippen LogP contribution in [0.25, 0.3) is 0 Å². The summed E-state index contributed by atoms with van der Waals surface area (Å²) >= 11 is 0. The van der Waals surface area contributed by atoms with Gasteiger partial charge >= 0.3 is 0 Å². The van der Waals surface area contributed by atoms with Crippen molar-refractivity contribution in [3.8, 4) is 5.75 Å². The minimum Gasteiger partial charge on any atom is -0.489 e. The Morgan fingerprint density at radius 1 is 1.20 bits per heavy atom. The quantitative estimate of drug-likeness (QED) is 0.879. The molecule has 0 saturated carbocycles. The van der Waals surface area contributed by atoms with Crippen molar-refractivity contribution in [3.05, 3.63) is 24.3 Å². The fourth-order valence-electron chi connectivity index (χ4n) is 2.59. The van der Waals surface area contributed by atoms with Gasteiger partial charge in [-0.3, -0.25) is 0 Å². The summed E-state index contributed by atoms with van der Waals surface area (Å²) in [5.41, 5.74) is 1.09. The second-order valence-electron chi connectivity index (χ2n) is 6.18. The van der Waals surface area contributed by atoms with Crippen LogP contribution < -0.4 is 10.1 Å². The molecule has 1 heterocycles. The van der Waals surface area contributed by atoms with Crippen molar-refractivity contribution in [3.63, 3.8) is 0 Å². The van der Waals surface area contributed by atoms with E-state index in [-0.39, 0.29) is 6.10 Å². The summed E-state index contributed by atoms with van der Waals surface area (Å²) in [6.07, 6.45) is 2.67. The number of para-hydroxylation sites is 2. The average Bonchev–Trinajstić information content (AvgIpc) is 2.41. The summed E-state index contributed by atoms with van der Waals surface area (Å²) in [7, 11) is 0. The Hall–Kier alpha value is -1.22. The van der Waals surface area contributed by atoms with E-state index in [1.807, 2.05) is 12.1 Å². The van der Waals surface area contributed by atoms with E-state index in [1.54, 1.807) is 0 Å². The van der Waals surface area contributed by atoms with Crippen LogP contribution in [0.4, 0.5) is 5.69 Å². The third-order valence-electron chi connectivity index (χ3n) is 3.67. The normalized spacial score (nSPS) is 23.1. The molecule has 1 saturated heterocycles. The lowest BCUT2D eigenvalue weighted by Crippen LogP contribution is -2.36. The predicted octanol–water partition coefficient (Wildman–Crippen LogP) is 4.09. The number of rotatable bonds is 5. The molecule has 3 heteroatoms. The maximum Gasteiger partial charge on any atom is 0.142 e. The Morgan fingerprint density at radius 2 is 1.95 bits per heavy atom. The molecule has 1 N–H and O–H groups in total. The van der Waals surface area contributed by atoms with Crippen LogP contribution in [0, 0.1) is 5.92 Å². The van der Waals surface area contributed by atoms with Crippen LogP contribution in [0.2, 0.25) is 0 Å². The van der Waals surface area contributed by atoms with E-state index in [0.29, 0.717) is 18.1 Å². The lowest BCUT2D eigenvalue weighted by atomic mass is 9.95. The topological polar surface area (TPSA) is 30.5 Å². The summed E-state index contributed by atoms with van der Waals surface area (Å²) in [6, 6.07) is 8.66. The Balaban J connectivity index is 2.02. The summed E-state index contributed by atoms with van der Waals surface area (Å²) in [4.78, 5) is 0. The van der Waals surface area contributed by atoms with Crippen LogP contribution in [0.1, 0.15) is 40.5 Å². The fourth-order valence-corrected chi connectivity index (χ4v) is 2.59. The highest BCUT2D eigenvalue weighted by Crippen LogP contribution is 2.29. The lowest BCUT2D eigenvalue weighted by molar-refractivity contribution is -0.0161. The second kappa shape index (κ2) is 6.98. The number of hydrogen-bond acceptors (Lipinski definition) is 3. The van der Waals surface area contributed by atoms with E-state index in [1.165, 1.54) is 0 Å². The van der Waals surface area contributed by atoms with Crippen molar-refractivity contribution in [2.75, 3.05) is 11.9 Å². The second-order valence-corrected chi connectivity index (χ2v) is 6.18. The largest absolute Gasteiger partial charge is 0.489 e. The minimum absolute atomic E-state index is 0.191. The van der Waals surface area contributed by atoms with Crippen molar-refractivity contribution in [1.29, 1.82) is 0 Å². The van der Waals surface area contributed by atoms with Crippen LogP contribution >= 0.6 is 0 Å². The highest BCUT2D eigenvalue weighted by molar-refractivity contribution is 5.56. The molecule has 1 aliphatic rings. The molecule has 0 amide bonds. The van der Waals surface area contributed by atoms with Gasteiger partial charge in [-0.05, 0) is 44.7 Å². The molecule has 112 valence electrons. The van der Waals surface area contributed by atoms with Gasteiger partial charge in [0.1, 0.15) is 5.75 Å². The van der Waals surface area contributed by atoms with Crippen molar-refractivity contribution in [2.45, 2.75) is 58.8 Å². The fraction of sp³-hybridized carbons (Fsp3) is 0.647.